The second-order valence-electron chi connectivity index (χ2n) is 5.00. The number of hydrogen-bond acceptors (Lipinski definition) is 3. The van der Waals surface area contributed by atoms with Gasteiger partial charge < -0.3 is 15.0 Å². The average Bonchev–Trinajstić information content (AvgIpc) is 2.39. The van der Waals surface area contributed by atoms with Gasteiger partial charge in [-0.25, -0.2) is 0 Å². The molecule has 112 valence electrons. The van der Waals surface area contributed by atoms with Crippen LogP contribution in [0, 0.1) is 0 Å². The number of ether oxygens (including phenoxy) is 1. The van der Waals surface area contributed by atoms with E-state index in [1.54, 1.807) is 24.1 Å². The van der Waals surface area contributed by atoms with E-state index in [9.17, 15) is 13.2 Å². The molecule has 0 bridgehead atoms. The van der Waals surface area contributed by atoms with Gasteiger partial charge in [0.1, 0.15) is 0 Å². The molecule has 1 N–H and O–H groups in total. The summed E-state index contributed by atoms with van der Waals surface area (Å²) in [6.45, 7) is 3.69. The van der Waals surface area contributed by atoms with Crippen LogP contribution in [0.2, 0.25) is 0 Å². The fourth-order valence-electron chi connectivity index (χ4n) is 2.46. The Kier molecular flexibility index (Phi) is 4.55. The monoisotopic (exact) mass is 288 g/mol. The van der Waals surface area contributed by atoms with Crippen LogP contribution < -0.4 is 10.2 Å². The lowest BCUT2D eigenvalue weighted by atomic mass is 10.0. The fraction of sp³-hybridized carbons (Fsp3) is 0.571. The number of benzene rings is 1. The van der Waals surface area contributed by atoms with Crippen molar-refractivity contribution in [3.8, 4) is 0 Å². The summed E-state index contributed by atoms with van der Waals surface area (Å²) in [4.78, 5) is 1.77. The van der Waals surface area contributed by atoms with Gasteiger partial charge in [-0.3, -0.25) is 0 Å². The van der Waals surface area contributed by atoms with Gasteiger partial charge in [-0.05, 0) is 31.7 Å². The number of alkyl halides is 3. The Bertz CT molecular complexity index is 462. The van der Waals surface area contributed by atoms with Crippen molar-refractivity contribution in [3.05, 3.63) is 29.3 Å². The number of rotatable bonds is 3. The highest BCUT2D eigenvalue weighted by Crippen LogP contribution is 2.38. The van der Waals surface area contributed by atoms with Crippen LogP contribution in [0.5, 0.6) is 0 Å². The highest BCUT2D eigenvalue weighted by molar-refractivity contribution is 5.57. The van der Waals surface area contributed by atoms with Crippen LogP contribution >= 0.6 is 0 Å². The van der Waals surface area contributed by atoms with Crippen LogP contribution in [0.3, 0.4) is 0 Å². The molecule has 1 saturated heterocycles. The molecule has 1 aromatic rings. The Labute approximate surface area is 116 Å². The summed E-state index contributed by atoms with van der Waals surface area (Å²) in [6.07, 6.45) is -4.35. The summed E-state index contributed by atoms with van der Waals surface area (Å²) < 4.78 is 45.1. The summed E-state index contributed by atoms with van der Waals surface area (Å²) in [5.74, 6) is 0. The Morgan fingerprint density at radius 2 is 2.15 bits per heavy atom. The minimum Gasteiger partial charge on any atom is -0.377 e. The van der Waals surface area contributed by atoms with E-state index in [2.05, 4.69) is 5.32 Å². The van der Waals surface area contributed by atoms with Crippen LogP contribution in [0.15, 0.2) is 18.2 Å². The number of morpholine rings is 1. The topological polar surface area (TPSA) is 24.5 Å². The molecule has 6 heteroatoms. The molecule has 1 heterocycles. The highest BCUT2D eigenvalue weighted by atomic mass is 19.4. The average molecular weight is 288 g/mol. The Hall–Kier alpha value is -1.27. The van der Waals surface area contributed by atoms with Gasteiger partial charge in [-0.15, -0.1) is 0 Å². The lowest BCUT2D eigenvalue weighted by molar-refractivity contribution is -0.137. The van der Waals surface area contributed by atoms with Gasteiger partial charge in [-0.2, -0.15) is 13.2 Å². The zero-order valence-electron chi connectivity index (χ0n) is 11.6. The van der Waals surface area contributed by atoms with Crippen LogP contribution in [-0.2, 0) is 17.5 Å². The molecule has 1 aromatic carbocycles. The van der Waals surface area contributed by atoms with Crippen molar-refractivity contribution in [1.29, 1.82) is 0 Å². The zero-order chi connectivity index (χ0) is 14.8. The van der Waals surface area contributed by atoms with Crippen molar-refractivity contribution < 1.29 is 17.9 Å². The Morgan fingerprint density at radius 1 is 1.40 bits per heavy atom. The fourth-order valence-corrected chi connectivity index (χ4v) is 2.46. The first kappa shape index (κ1) is 15.1. The van der Waals surface area contributed by atoms with E-state index in [-0.39, 0.29) is 11.7 Å². The molecule has 0 saturated carbocycles. The molecule has 1 fully saturated rings. The van der Waals surface area contributed by atoms with Gasteiger partial charge in [0.15, 0.2) is 0 Å². The van der Waals surface area contributed by atoms with Gasteiger partial charge in [0.2, 0.25) is 0 Å². The van der Waals surface area contributed by atoms with Crippen molar-refractivity contribution >= 4 is 5.69 Å². The van der Waals surface area contributed by atoms with Crippen molar-refractivity contribution in [2.45, 2.75) is 25.7 Å². The van der Waals surface area contributed by atoms with Gasteiger partial charge in [-0.1, -0.05) is 6.07 Å². The number of anilines is 1. The number of nitrogens with zero attached hydrogens (tertiary/aromatic N) is 1. The van der Waals surface area contributed by atoms with E-state index < -0.39 is 11.7 Å². The number of halogens is 3. The maximum Gasteiger partial charge on any atom is 0.418 e. The van der Waals surface area contributed by atoms with E-state index in [0.717, 1.165) is 0 Å². The van der Waals surface area contributed by atoms with E-state index >= 15 is 0 Å². The summed E-state index contributed by atoms with van der Waals surface area (Å²) in [6, 6.07) is 4.48. The molecule has 0 radical (unpaired) electrons. The van der Waals surface area contributed by atoms with Gasteiger partial charge >= 0.3 is 6.18 Å². The van der Waals surface area contributed by atoms with Gasteiger partial charge in [0.25, 0.3) is 0 Å². The maximum atomic E-state index is 13.3. The minimum absolute atomic E-state index is 0.0556. The molecule has 2 rings (SSSR count). The second-order valence-corrected chi connectivity index (χ2v) is 5.00. The second kappa shape index (κ2) is 6.01. The normalized spacial score (nSPS) is 20.2. The smallest absolute Gasteiger partial charge is 0.377 e. The summed E-state index contributed by atoms with van der Waals surface area (Å²) in [5.41, 5.74) is 0.302. The molecule has 1 unspecified atom stereocenters. The van der Waals surface area contributed by atoms with Gasteiger partial charge in [0, 0.05) is 24.8 Å². The lowest BCUT2D eigenvalue weighted by Gasteiger charge is -2.36. The summed E-state index contributed by atoms with van der Waals surface area (Å²) in [7, 11) is 1.71. The number of nitrogens with one attached hydrogen (secondary N) is 1. The molecule has 0 aromatic heterocycles. The standard InChI is InChI=1S/C14H19F3N2O/c1-10-9-20-6-5-19(10)13-4-3-11(8-18-2)7-12(13)14(15,16)17/h3-4,7,10,18H,5-6,8-9H2,1-2H3. The van der Waals surface area contributed by atoms with Crippen LogP contribution in [-0.4, -0.2) is 32.8 Å². The third kappa shape index (κ3) is 3.24. The first-order valence-corrected chi connectivity index (χ1v) is 6.62. The van der Waals surface area contributed by atoms with E-state index in [1.807, 2.05) is 6.92 Å². The third-order valence-corrected chi connectivity index (χ3v) is 3.42. The zero-order valence-corrected chi connectivity index (χ0v) is 11.6. The third-order valence-electron chi connectivity index (χ3n) is 3.42. The van der Waals surface area contributed by atoms with Crippen molar-refractivity contribution in [2.24, 2.45) is 0 Å². The van der Waals surface area contributed by atoms with Gasteiger partial charge in [0.05, 0.1) is 18.8 Å². The van der Waals surface area contributed by atoms with E-state index in [4.69, 9.17) is 4.74 Å². The maximum absolute atomic E-state index is 13.3. The molecular formula is C14H19F3N2O. The SMILES string of the molecule is CNCc1ccc(N2CCOCC2C)c(C(F)(F)F)c1. The summed E-state index contributed by atoms with van der Waals surface area (Å²) >= 11 is 0. The Morgan fingerprint density at radius 3 is 2.75 bits per heavy atom. The predicted octanol–water partition coefficient (Wildman–Crippen LogP) is 2.65. The van der Waals surface area contributed by atoms with Crippen LogP contribution in [0.25, 0.3) is 0 Å². The molecule has 0 aliphatic carbocycles. The van der Waals surface area contributed by atoms with Crippen molar-refractivity contribution in [3.63, 3.8) is 0 Å². The molecule has 1 aliphatic heterocycles. The van der Waals surface area contributed by atoms with Crippen LogP contribution in [0.1, 0.15) is 18.1 Å². The van der Waals surface area contributed by atoms with Crippen molar-refractivity contribution in [2.75, 3.05) is 31.7 Å². The molecular weight excluding hydrogens is 269 g/mol. The number of hydrogen-bond donors (Lipinski definition) is 1. The van der Waals surface area contributed by atoms with E-state index in [0.29, 0.717) is 31.9 Å². The largest absolute Gasteiger partial charge is 0.418 e. The molecule has 1 aliphatic rings. The molecule has 0 amide bonds. The first-order chi connectivity index (χ1) is 9.43. The summed E-state index contributed by atoms with van der Waals surface area (Å²) in [5, 5.41) is 2.87. The predicted molar refractivity (Wildman–Crippen MR) is 71.8 cm³/mol. The quantitative estimate of drug-likeness (QED) is 0.925. The molecule has 3 nitrogen and oxygen atoms in total. The molecule has 1 atom stereocenters. The highest BCUT2D eigenvalue weighted by Gasteiger charge is 2.36. The van der Waals surface area contributed by atoms with Crippen LogP contribution in [0.4, 0.5) is 18.9 Å². The Balaban J connectivity index is 2.40. The first-order valence-electron chi connectivity index (χ1n) is 6.62. The van der Waals surface area contributed by atoms with E-state index in [1.165, 1.54) is 6.07 Å². The minimum atomic E-state index is -4.35. The molecule has 20 heavy (non-hydrogen) atoms. The van der Waals surface area contributed by atoms with Crippen molar-refractivity contribution in [1.82, 2.24) is 5.32 Å². The molecule has 0 spiro atoms. The lowest BCUT2D eigenvalue weighted by Crippen LogP contribution is -2.44.